The highest BCUT2D eigenvalue weighted by atomic mass is 16.2. The molecule has 2 fully saturated rings. The second kappa shape index (κ2) is 7.92. The second-order valence-corrected chi connectivity index (χ2v) is 8.55. The van der Waals surface area contributed by atoms with Gasteiger partial charge in [-0.1, -0.05) is 36.4 Å². The Morgan fingerprint density at radius 1 is 1.21 bits per heavy atom. The number of piperidine rings is 1. The SMILES string of the molecule is CC(C)NC(=O)N1CCC2(c3ccccc3)CN(Cc3cccnc3)CC2C1. The van der Waals surface area contributed by atoms with Gasteiger partial charge in [-0.25, -0.2) is 4.79 Å². The fourth-order valence-corrected chi connectivity index (χ4v) is 4.92. The summed E-state index contributed by atoms with van der Waals surface area (Å²) in [6, 6.07) is 15.3. The van der Waals surface area contributed by atoms with Gasteiger partial charge in [0.05, 0.1) is 0 Å². The highest BCUT2D eigenvalue weighted by Crippen LogP contribution is 2.45. The molecule has 148 valence electrons. The molecule has 3 heterocycles. The minimum Gasteiger partial charge on any atom is -0.336 e. The van der Waals surface area contributed by atoms with Gasteiger partial charge in [0, 0.05) is 62.5 Å². The number of aromatic nitrogens is 1. The molecule has 0 saturated carbocycles. The van der Waals surface area contributed by atoms with Crippen molar-refractivity contribution in [2.45, 2.75) is 38.3 Å². The molecule has 0 radical (unpaired) electrons. The van der Waals surface area contributed by atoms with Crippen molar-refractivity contribution in [2.75, 3.05) is 26.2 Å². The number of carbonyl (C=O) groups is 1. The van der Waals surface area contributed by atoms with E-state index in [9.17, 15) is 4.79 Å². The van der Waals surface area contributed by atoms with Crippen LogP contribution in [0.25, 0.3) is 0 Å². The van der Waals surface area contributed by atoms with Crippen LogP contribution in [-0.4, -0.2) is 53.0 Å². The quantitative estimate of drug-likeness (QED) is 0.888. The number of likely N-dealkylation sites (tertiary alicyclic amines) is 2. The van der Waals surface area contributed by atoms with E-state index < -0.39 is 0 Å². The highest BCUT2D eigenvalue weighted by molar-refractivity contribution is 5.74. The Labute approximate surface area is 167 Å². The Morgan fingerprint density at radius 3 is 2.75 bits per heavy atom. The van der Waals surface area contributed by atoms with E-state index in [1.54, 1.807) is 0 Å². The molecule has 0 spiro atoms. The van der Waals surface area contributed by atoms with Crippen molar-refractivity contribution in [3.63, 3.8) is 0 Å². The lowest BCUT2D eigenvalue weighted by molar-refractivity contribution is 0.132. The van der Waals surface area contributed by atoms with E-state index >= 15 is 0 Å². The molecule has 2 aliphatic rings. The smallest absolute Gasteiger partial charge is 0.317 e. The van der Waals surface area contributed by atoms with E-state index in [2.05, 4.69) is 51.6 Å². The normalized spacial score (nSPS) is 25.0. The molecule has 1 aromatic carbocycles. The zero-order chi connectivity index (χ0) is 19.6. The molecule has 1 aromatic heterocycles. The number of benzene rings is 1. The third-order valence-electron chi connectivity index (χ3n) is 6.21. The maximum absolute atomic E-state index is 12.6. The molecule has 2 unspecified atom stereocenters. The molecule has 2 amide bonds. The number of pyridine rings is 1. The van der Waals surface area contributed by atoms with Gasteiger partial charge in [0.2, 0.25) is 0 Å². The van der Waals surface area contributed by atoms with Crippen LogP contribution < -0.4 is 5.32 Å². The molecule has 5 heteroatoms. The van der Waals surface area contributed by atoms with Gasteiger partial charge in [0.1, 0.15) is 0 Å². The van der Waals surface area contributed by atoms with E-state index in [1.165, 1.54) is 11.1 Å². The number of rotatable bonds is 4. The number of hydrogen-bond acceptors (Lipinski definition) is 3. The van der Waals surface area contributed by atoms with Crippen molar-refractivity contribution in [2.24, 2.45) is 5.92 Å². The van der Waals surface area contributed by atoms with Crippen LogP contribution in [-0.2, 0) is 12.0 Å². The Kier molecular flexibility index (Phi) is 5.36. The van der Waals surface area contributed by atoms with Crippen LogP contribution >= 0.6 is 0 Å². The molecule has 5 nitrogen and oxygen atoms in total. The minimum atomic E-state index is 0.0716. The van der Waals surface area contributed by atoms with Crippen LogP contribution in [0, 0.1) is 5.92 Å². The maximum atomic E-state index is 12.6. The van der Waals surface area contributed by atoms with Crippen molar-refractivity contribution >= 4 is 6.03 Å². The van der Waals surface area contributed by atoms with Gasteiger partial charge in [0.25, 0.3) is 0 Å². The first kappa shape index (κ1) is 18.9. The fourth-order valence-electron chi connectivity index (χ4n) is 4.92. The van der Waals surface area contributed by atoms with Crippen molar-refractivity contribution in [3.8, 4) is 0 Å². The molecular weight excluding hydrogens is 348 g/mol. The Bertz CT molecular complexity index is 795. The molecular formula is C23H30N4O. The van der Waals surface area contributed by atoms with E-state index in [-0.39, 0.29) is 17.5 Å². The topological polar surface area (TPSA) is 48.5 Å². The van der Waals surface area contributed by atoms with E-state index in [4.69, 9.17) is 0 Å². The van der Waals surface area contributed by atoms with Crippen LogP contribution in [0.2, 0.25) is 0 Å². The first-order valence-electron chi connectivity index (χ1n) is 10.3. The predicted octanol–water partition coefficient (Wildman–Crippen LogP) is 3.28. The number of fused-ring (bicyclic) bond motifs is 1. The lowest BCUT2D eigenvalue weighted by Crippen LogP contribution is -2.54. The lowest BCUT2D eigenvalue weighted by Gasteiger charge is -2.44. The Hall–Kier alpha value is -2.40. The number of urea groups is 1. The molecule has 2 aromatic rings. The Morgan fingerprint density at radius 2 is 2.04 bits per heavy atom. The first-order chi connectivity index (χ1) is 13.6. The summed E-state index contributed by atoms with van der Waals surface area (Å²) in [4.78, 5) is 21.4. The monoisotopic (exact) mass is 378 g/mol. The summed E-state index contributed by atoms with van der Waals surface area (Å²) >= 11 is 0. The van der Waals surface area contributed by atoms with Crippen molar-refractivity contribution in [1.29, 1.82) is 0 Å². The standard InChI is InChI=1S/C23H30N4O/c1-18(2)25-22(28)27-12-10-23(20-8-4-3-5-9-20)17-26(15-21(23)16-27)14-19-7-6-11-24-13-19/h3-9,11,13,18,21H,10,12,14-17H2,1-2H3,(H,25,28). The van der Waals surface area contributed by atoms with Crippen LogP contribution in [0.1, 0.15) is 31.4 Å². The van der Waals surface area contributed by atoms with Gasteiger partial charge >= 0.3 is 6.03 Å². The number of hydrogen-bond donors (Lipinski definition) is 1. The Balaban J connectivity index is 1.56. The predicted molar refractivity (Wildman–Crippen MR) is 111 cm³/mol. The van der Waals surface area contributed by atoms with Gasteiger partial charge in [-0.3, -0.25) is 9.88 Å². The van der Waals surface area contributed by atoms with Crippen LogP contribution in [0.5, 0.6) is 0 Å². The molecule has 2 aliphatic heterocycles. The van der Waals surface area contributed by atoms with Crippen LogP contribution in [0.4, 0.5) is 4.79 Å². The summed E-state index contributed by atoms with van der Waals surface area (Å²) < 4.78 is 0. The van der Waals surface area contributed by atoms with Gasteiger partial charge in [0.15, 0.2) is 0 Å². The zero-order valence-corrected chi connectivity index (χ0v) is 16.8. The third-order valence-corrected chi connectivity index (χ3v) is 6.21. The number of nitrogens with zero attached hydrogens (tertiary/aromatic N) is 3. The zero-order valence-electron chi connectivity index (χ0n) is 16.8. The van der Waals surface area contributed by atoms with Crippen LogP contribution in [0.15, 0.2) is 54.9 Å². The summed E-state index contributed by atoms with van der Waals surface area (Å²) in [5, 5.41) is 3.06. The molecule has 4 rings (SSSR count). The van der Waals surface area contributed by atoms with E-state index in [1.807, 2.05) is 37.2 Å². The summed E-state index contributed by atoms with van der Waals surface area (Å²) in [5.41, 5.74) is 2.79. The van der Waals surface area contributed by atoms with E-state index in [0.29, 0.717) is 5.92 Å². The molecule has 2 atom stereocenters. The molecule has 1 N–H and O–H groups in total. The molecule has 2 saturated heterocycles. The van der Waals surface area contributed by atoms with Gasteiger partial charge in [-0.2, -0.15) is 0 Å². The molecule has 0 bridgehead atoms. The molecule has 28 heavy (non-hydrogen) atoms. The second-order valence-electron chi connectivity index (χ2n) is 8.55. The number of carbonyl (C=O) groups excluding carboxylic acids is 1. The van der Waals surface area contributed by atoms with Gasteiger partial charge in [-0.15, -0.1) is 0 Å². The fraction of sp³-hybridized carbons (Fsp3) is 0.478. The maximum Gasteiger partial charge on any atom is 0.317 e. The van der Waals surface area contributed by atoms with Crippen molar-refractivity contribution in [1.82, 2.24) is 20.1 Å². The van der Waals surface area contributed by atoms with Gasteiger partial charge < -0.3 is 10.2 Å². The summed E-state index contributed by atoms with van der Waals surface area (Å²) in [7, 11) is 0. The first-order valence-corrected chi connectivity index (χ1v) is 10.3. The largest absolute Gasteiger partial charge is 0.336 e. The average molecular weight is 379 g/mol. The van der Waals surface area contributed by atoms with Crippen LogP contribution in [0.3, 0.4) is 0 Å². The minimum absolute atomic E-state index is 0.0716. The van der Waals surface area contributed by atoms with Gasteiger partial charge in [-0.05, 0) is 37.5 Å². The molecule has 0 aliphatic carbocycles. The third kappa shape index (κ3) is 3.76. The average Bonchev–Trinajstić information content (AvgIpc) is 3.07. The number of amides is 2. The summed E-state index contributed by atoms with van der Waals surface area (Å²) in [5.74, 6) is 0.443. The summed E-state index contributed by atoms with van der Waals surface area (Å²) in [6.45, 7) is 8.62. The van der Waals surface area contributed by atoms with E-state index in [0.717, 1.165) is 39.1 Å². The van der Waals surface area contributed by atoms with Crippen molar-refractivity contribution in [3.05, 3.63) is 66.0 Å². The highest BCUT2D eigenvalue weighted by Gasteiger charge is 2.50. The van der Waals surface area contributed by atoms with Crippen molar-refractivity contribution < 1.29 is 4.79 Å². The summed E-state index contributed by atoms with van der Waals surface area (Å²) in [6.07, 6.45) is 4.79. The number of nitrogens with one attached hydrogen (secondary N) is 1. The lowest BCUT2D eigenvalue weighted by atomic mass is 9.68.